The van der Waals surface area contributed by atoms with Gasteiger partial charge in [-0.1, -0.05) is 31.4 Å². The molecule has 1 fully saturated rings. The molecule has 7 nitrogen and oxygen atoms in total. The molecule has 1 aliphatic carbocycles. The highest BCUT2D eigenvalue weighted by atomic mass is 19.1. The summed E-state index contributed by atoms with van der Waals surface area (Å²) in [4.78, 5) is 35.1. The van der Waals surface area contributed by atoms with Crippen molar-refractivity contribution in [2.75, 3.05) is 13.2 Å². The van der Waals surface area contributed by atoms with Gasteiger partial charge in [-0.2, -0.15) is 0 Å². The van der Waals surface area contributed by atoms with Crippen molar-refractivity contribution in [1.82, 2.24) is 16.2 Å². The number of benzene rings is 1. The summed E-state index contributed by atoms with van der Waals surface area (Å²) in [7, 11) is 0. The lowest BCUT2D eigenvalue weighted by atomic mass is 9.89. The first-order valence-electron chi connectivity index (χ1n) is 8.29. The first-order chi connectivity index (χ1) is 12.1. The molecular formula is C17H22FN3O4. The number of ether oxygens (including phenoxy) is 1. The van der Waals surface area contributed by atoms with E-state index in [1.54, 1.807) is 6.07 Å². The van der Waals surface area contributed by atoms with Crippen molar-refractivity contribution in [1.29, 1.82) is 0 Å². The van der Waals surface area contributed by atoms with E-state index in [2.05, 4.69) is 16.2 Å². The number of rotatable bonds is 6. The number of carbonyl (C=O) groups excluding carboxylic acids is 3. The summed E-state index contributed by atoms with van der Waals surface area (Å²) in [6, 6.07) is 5.68. The second kappa shape index (κ2) is 9.61. The van der Waals surface area contributed by atoms with E-state index in [0.29, 0.717) is 0 Å². The van der Waals surface area contributed by atoms with Crippen molar-refractivity contribution in [2.45, 2.75) is 32.1 Å². The molecule has 2 rings (SSSR count). The summed E-state index contributed by atoms with van der Waals surface area (Å²) >= 11 is 0. The average Bonchev–Trinajstić information content (AvgIpc) is 2.64. The molecule has 0 heterocycles. The normalized spacial score (nSPS) is 14.4. The monoisotopic (exact) mass is 351 g/mol. The number of nitrogens with one attached hydrogen (secondary N) is 3. The molecular weight excluding hydrogens is 329 g/mol. The lowest BCUT2D eigenvalue weighted by Crippen LogP contribution is -2.48. The van der Waals surface area contributed by atoms with Crippen molar-refractivity contribution in [3.63, 3.8) is 0 Å². The first-order valence-corrected chi connectivity index (χ1v) is 8.29. The quantitative estimate of drug-likeness (QED) is 0.668. The molecule has 0 atom stereocenters. The van der Waals surface area contributed by atoms with Crippen molar-refractivity contribution in [3.8, 4) is 5.75 Å². The molecule has 0 aromatic heterocycles. The van der Waals surface area contributed by atoms with Crippen LogP contribution in [0.5, 0.6) is 5.75 Å². The van der Waals surface area contributed by atoms with Crippen LogP contribution in [0.3, 0.4) is 0 Å². The van der Waals surface area contributed by atoms with E-state index >= 15 is 0 Å². The van der Waals surface area contributed by atoms with E-state index in [0.717, 1.165) is 32.1 Å². The molecule has 136 valence electrons. The third-order valence-corrected chi connectivity index (χ3v) is 3.94. The molecule has 8 heteroatoms. The van der Waals surface area contributed by atoms with Gasteiger partial charge in [0.05, 0.1) is 6.54 Å². The molecule has 0 aliphatic heterocycles. The molecule has 0 spiro atoms. The smallest absolute Gasteiger partial charge is 0.276 e. The maximum Gasteiger partial charge on any atom is 0.276 e. The van der Waals surface area contributed by atoms with Gasteiger partial charge in [-0.25, -0.2) is 4.39 Å². The van der Waals surface area contributed by atoms with E-state index < -0.39 is 24.2 Å². The van der Waals surface area contributed by atoms with Crippen molar-refractivity contribution in [2.24, 2.45) is 5.92 Å². The summed E-state index contributed by atoms with van der Waals surface area (Å²) in [6.45, 7) is -0.667. The largest absolute Gasteiger partial charge is 0.481 e. The Balaban J connectivity index is 1.61. The van der Waals surface area contributed by atoms with Gasteiger partial charge in [0, 0.05) is 5.92 Å². The van der Waals surface area contributed by atoms with Gasteiger partial charge in [-0.05, 0) is 25.0 Å². The van der Waals surface area contributed by atoms with Crippen LogP contribution in [0.1, 0.15) is 32.1 Å². The number of halogens is 1. The zero-order valence-corrected chi connectivity index (χ0v) is 13.8. The topological polar surface area (TPSA) is 96.5 Å². The summed E-state index contributed by atoms with van der Waals surface area (Å²) in [6.07, 6.45) is 4.89. The number of hydrazine groups is 1. The molecule has 0 bridgehead atoms. The minimum atomic E-state index is -0.643. The van der Waals surface area contributed by atoms with Crippen LogP contribution in [-0.2, 0) is 14.4 Å². The van der Waals surface area contributed by atoms with Crippen LogP contribution in [0.15, 0.2) is 24.3 Å². The van der Waals surface area contributed by atoms with E-state index in [1.165, 1.54) is 18.2 Å². The van der Waals surface area contributed by atoms with Crippen molar-refractivity contribution < 1.29 is 23.5 Å². The van der Waals surface area contributed by atoms with Crippen molar-refractivity contribution >= 4 is 17.7 Å². The third kappa shape index (κ3) is 6.40. The van der Waals surface area contributed by atoms with Gasteiger partial charge >= 0.3 is 0 Å². The number of amides is 3. The Morgan fingerprint density at radius 1 is 1.04 bits per heavy atom. The predicted octanol–water partition coefficient (Wildman–Crippen LogP) is 1.05. The fourth-order valence-corrected chi connectivity index (χ4v) is 2.60. The molecule has 1 saturated carbocycles. The molecule has 0 unspecified atom stereocenters. The molecule has 0 saturated heterocycles. The maximum absolute atomic E-state index is 13.3. The van der Waals surface area contributed by atoms with Crippen LogP contribution in [-0.4, -0.2) is 30.9 Å². The highest BCUT2D eigenvalue weighted by Gasteiger charge is 2.21. The molecule has 25 heavy (non-hydrogen) atoms. The Morgan fingerprint density at radius 3 is 2.44 bits per heavy atom. The minimum Gasteiger partial charge on any atom is -0.481 e. The summed E-state index contributed by atoms with van der Waals surface area (Å²) in [5.41, 5.74) is 4.30. The lowest BCUT2D eigenvalue weighted by molar-refractivity contribution is -0.131. The van der Waals surface area contributed by atoms with E-state index in [4.69, 9.17) is 4.74 Å². The third-order valence-electron chi connectivity index (χ3n) is 3.94. The zero-order valence-electron chi connectivity index (χ0n) is 13.8. The van der Waals surface area contributed by atoms with E-state index in [1.807, 2.05) is 0 Å². The predicted molar refractivity (Wildman–Crippen MR) is 87.8 cm³/mol. The first kappa shape index (κ1) is 18.7. The number of para-hydroxylation sites is 1. The Morgan fingerprint density at radius 2 is 1.72 bits per heavy atom. The van der Waals surface area contributed by atoms with E-state index in [9.17, 15) is 18.8 Å². The lowest BCUT2D eigenvalue weighted by Gasteiger charge is -2.20. The van der Waals surface area contributed by atoms with Gasteiger partial charge < -0.3 is 10.1 Å². The summed E-state index contributed by atoms with van der Waals surface area (Å²) in [5.74, 6) is -2.00. The van der Waals surface area contributed by atoms with Gasteiger partial charge in [0.1, 0.15) is 0 Å². The summed E-state index contributed by atoms with van der Waals surface area (Å²) in [5, 5.41) is 2.56. The number of hydrogen-bond acceptors (Lipinski definition) is 4. The van der Waals surface area contributed by atoms with Crippen LogP contribution in [0.2, 0.25) is 0 Å². The Kier molecular flexibility index (Phi) is 7.18. The molecule has 1 aromatic rings. The number of carbonyl (C=O) groups is 3. The Hall–Kier alpha value is -2.64. The second-order valence-corrected chi connectivity index (χ2v) is 5.87. The van der Waals surface area contributed by atoms with Crippen LogP contribution in [0.4, 0.5) is 4.39 Å². The maximum atomic E-state index is 13.3. The van der Waals surface area contributed by atoms with Crippen LogP contribution in [0, 0.1) is 11.7 Å². The fourth-order valence-electron chi connectivity index (χ4n) is 2.60. The number of hydrogen-bond donors (Lipinski definition) is 3. The van der Waals surface area contributed by atoms with Gasteiger partial charge in [0.25, 0.3) is 11.8 Å². The minimum absolute atomic E-state index is 0.0367. The molecule has 0 radical (unpaired) electrons. The summed E-state index contributed by atoms with van der Waals surface area (Å²) < 4.78 is 18.3. The fraction of sp³-hybridized carbons (Fsp3) is 0.471. The molecule has 3 N–H and O–H groups in total. The Labute approximate surface area is 145 Å². The Bertz CT molecular complexity index is 618. The molecule has 3 amide bonds. The van der Waals surface area contributed by atoms with Crippen LogP contribution >= 0.6 is 0 Å². The zero-order chi connectivity index (χ0) is 18.1. The van der Waals surface area contributed by atoms with Gasteiger partial charge in [-0.3, -0.25) is 25.2 Å². The average molecular weight is 351 g/mol. The molecule has 1 aromatic carbocycles. The SMILES string of the molecule is O=C(CNC(=O)C1CCCCC1)NNC(=O)COc1ccccc1F. The van der Waals surface area contributed by atoms with E-state index in [-0.39, 0.29) is 24.1 Å². The highest BCUT2D eigenvalue weighted by Crippen LogP contribution is 2.23. The van der Waals surface area contributed by atoms with Gasteiger partial charge in [0.15, 0.2) is 18.2 Å². The van der Waals surface area contributed by atoms with Crippen LogP contribution < -0.4 is 20.9 Å². The van der Waals surface area contributed by atoms with Gasteiger partial charge in [0.2, 0.25) is 5.91 Å². The highest BCUT2D eigenvalue weighted by molar-refractivity contribution is 5.87. The van der Waals surface area contributed by atoms with Crippen LogP contribution in [0.25, 0.3) is 0 Å². The standard InChI is InChI=1S/C17H22FN3O4/c18-13-8-4-5-9-14(13)25-11-16(23)21-20-15(22)10-19-17(24)12-6-2-1-3-7-12/h4-5,8-9,12H,1-3,6-7,10-11H2,(H,19,24)(H,20,22)(H,21,23). The van der Waals surface area contributed by atoms with Gasteiger partial charge in [-0.15, -0.1) is 0 Å². The second-order valence-electron chi connectivity index (χ2n) is 5.87. The van der Waals surface area contributed by atoms with Crippen molar-refractivity contribution in [3.05, 3.63) is 30.1 Å². The molecule has 1 aliphatic rings.